The van der Waals surface area contributed by atoms with E-state index in [1.807, 2.05) is 13.8 Å². The maximum Gasteiger partial charge on any atom is 0.272 e. The van der Waals surface area contributed by atoms with Gasteiger partial charge in [0.25, 0.3) is 5.91 Å². The molecule has 2 rings (SSSR count). The van der Waals surface area contributed by atoms with Crippen molar-refractivity contribution < 1.29 is 14.6 Å². The van der Waals surface area contributed by atoms with Crippen LogP contribution >= 0.6 is 0 Å². The maximum absolute atomic E-state index is 12.4. The van der Waals surface area contributed by atoms with E-state index in [4.69, 9.17) is 10.6 Å². The number of carbonyl (C=O) groups excluding carboxylic acids is 1. The molecule has 0 aliphatic carbocycles. The summed E-state index contributed by atoms with van der Waals surface area (Å²) in [6, 6.07) is 3.31. The number of morpholine rings is 1. The van der Waals surface area contributed by atoms with Gasteiger partial charge in [0.1, 0.15) is 5.69 Å². The number of aliphatic hydroxyl groups is 1. The van der Waals surface area contributed by atoms with Gasteiger partial charge in [-0.05, 0) is 26.0 Å². The summed E-state index contributed by atoms with van der Waals surface area (Å²) in [7, 11) is 0. The first-order chi connectivity index (χ1) is 9.45. The normalized spacial score (nSPS) is 21.6. The van der Waals surface area contributed by atoms with Crippen LogP contribution in [0.25, 0.3) is 0 Å². The second-order valence-electron chi connectivity index (χ2n) is 5.44. The van der Waals surface area contributed by atoms with Gasteiger partial charge in [-0.1, -0.05) is 0 Å². The van der Waals surface area contributed by atoms with E-state index in [1.54, 1.807) is 17.0 Å². The van der Waals surface area contributed by atoms with Gasteiger partial charge in [0.15, 0.2) is 0 Å². The Morgan fingerprint density at radius 1 is 1.65 bits per heavy atom. The molecule has 1 unspecified atom stereocenters. The van der Waals surface area contributed by atoms with Gasteiger partial charge in [-0.2, -0.15) is 0 Å². The second-order valence-corrected chi connectivity index (χ2v) is 5.44. The van der Waals surface area contributed by atoms with Crippen LogP contribution in [0, 0.1) is 0 Å². The smallest absolute Gasteiger partial charge is 0.272 e. The number of nitrogens with one attached hydrogen (secondary N) is 1. The monoisotopic (exact) mass is 280 g/mol. The Hall–Kier alpha value is -1.70. The molecular formula is C13H20N4O3. The predicted octanol–water partition coefficient (Wildman–Crippen LogP) is -0.0209. The summed E-state index contributed by atoms with van der Waals surface area (Å²) in [4.78, 5) is 18.2. The first-order valence-electron chi connectivity index (χ1n) is 6.46. The lowest BCUT2D eigenvalue weighted by atomic mass is 10.0. The minimum atomic E-state index is -0.486. The minimum Gasteiger partial charge on any atom is -0.394 e. The van der Waals surface area contributed by atoms with Gasteiger partial charge in [0, 0.05) is 13.1 Å². The SMILES string of the molecule is CC1(C)CN(C(=O)c2ccc(NN)cn2)CC(CO)O1. The number of anilines is 1. The standard InChI is InChI=1S/C13H20N4O3/c1-13(2)8-17(6-10(7-18)20-13)12(19)11-4-3-9(16-14)5-15-11/h3-5,10,16,18H,6-8,14H2,1-2H3. The topological polar surface area (TPSA) is 101 Å². The van der Waals surface area contributed by atoms with Crippen LogP contribution < -0.4 is 11.3 Å². The number of hydrogen-bond donors (Lipinski definition) is 3. The highest BCUT2D eigenvalue weighted by Crippen LogP contribution is 2.22. The van der Waals surface area contributed by atoms with Crippen molar-refractivity contribution in [2.45, 2.75) is 25.6 Å². The lowest BCUT2D eigenvalue weighted by molar-refractivity contribution is -0.139. The molecule has 1 aromatic heterocycles. The van der Waals surface area contributed by atoms with Crippen LogP contribution in [0.2, 0.25) is 0 Å². The zero-order chi connectivity index (χ0) is 14.8. The summed E-state index contributed by atoms with van der Waals surface area (Å²) in [5.41, 5.74) is 2.96. The van der Waals surface area contributed by atoms with Crippen LogP contribution in [0.5, 0.6) is 0 Å². The zero-order valence-corrected chi connectivity index (χ0v) is 11.7. The van der Waals surface area contributed by atoms with E-state index in [1.165, 1.54) is 6.20 Å². The molecule has 1 amide bonds. The molecule has 2 heterocycles. The highest BCUT2D eigenvalue weighted by molar-refractivity contribution is 5.92. The van der Waals surface area contributed by atoms with Crippen LogP contribution in [-0.4, -0.2) is 52.3 Å². The highest BCUT2D eigenvalue weighted by Gasteiger charge is 2.35. The fourth-order valence-corrected chi connectivity index (χ4v) is 2.31. The Morgan fingerprint density at radius 2 is 2.40 bits per heavy atom. The predicted molar refractivity (Wildman–Crippen MR) is 74.0 cm³/mol. The van der Waals surface area contributed by atoms with E-state index in [9.17, 15) is 9.90 Å². The van der Waals surface area contributed by atoms with Crippen molar-refractivity contribution in [1.29, 1.82) is 0 Å². The number of amides is 1. The van der Waals surface area contributed by atoms with Crippen molar-refractivity contribution in [3.8, 4) is 0 Å². The Balaban J connectivity index is 2.14. The Morgan fingerprint density at radius 3 is 2.95 bits per heavy atom. The Labute approximate surface area is 117 Å². The summed E-state index contributed by atoms with van der Waals surface area (Å²) >= 11 is 0. The molecule has 0 bridgehead atoms. The molecule has 1 aromatic rings. The number of ether oxygens (including phenoxy) is 1. The van der Waals surface area contributed by atoms with Gasteiger partial charge in [0.2, 0.25) is 0 Å². The van der Waals surface area contributed by atoms with Crippen LogP contribution in [0.1, 0.15) is 24.3 Å². The third kappa shape index (κ3) is 3.24. The average Bonchev–Trinajstić information content (AvgIpc) is 2.44. The largest absolute Gasteiger partial charge is 0.394 e. The number of hydrazine groups is 1. The zero-order valence-electron chi connectivity index (χ0n) is 11.7. The first kappa shape index (κ1) is 14.7. The van der Waals surface area contributed by atoms with Gasteiger partial charge >= 0.3 is 0 Å². The van der Waals surface area contributed by atoms with Crippen molar-refractivity contribution in [3.63, 3.8) is 0 Å². The molecule has 1 saturated heterocycles. The van der Waals surface area contributed by atoms with E-state index in [0.717, 1.165) is 0 Å². The van der Waals surface area contributed by atoms with E-state index in [-0.39, 0.29) is 18.6 Å². The molecule has 1 atom stereocenters. The molecule has 1 aliphatic rings. The number of nitrogens with two attached hydrogens (primary N) is 1. The van der Waals surface area contributed by atoms with Gasteiger partial charge in [-0.15, -0.1) is 0 Å². The van der Waals surface area contributed by atoms with E-state index in [0.29, 0.717) is 24.5 Å². The maximum atomic E-state index is 12.4. The summed E-state index contributed by atoms with van der Waals surface area (Å²) in [5.74, 6) is 5.08. The van der Waals surface area contributed by atoms with Crippen molar-refractivity contribution in [1.82, 2.24) is 9.88 Å². The summed E-state index contributed by atoms with van der Waals surface area (Å²) in [5, 5.41) is 9.26. The van der Waals surface area contributed by atoms with Crippen molar-refractivity contribution in [3.05, 3.63) is 24.0 Å². The molecule has 20 heavy (non-hydrogen) atoms. The molecular weight excluding hydrogens is 260 g/mol. The molecule has 110 valence electrons. The quantitative estimate of drug-likeness (QED) is 0.531. The first-order valence-corrected chi connectivity index (χ1v) is 6.46. The molecule has 1 aliphatic heterocycles. The third-order valence-corrected chi connectivity index (χ3v) is 3.12. The molecule has 0 saturated carbocycles. The van der Waals surface area contributed by atoms with Crippen LogP contribution in [-0.2, 0) is 4.74 Å². The van der Waals surface area contributed by atoms with Gasteiger partial charge in [-0.25, -0.2) is 4.98 Å². The number of rotatable bonds is 3. The van der Waals surface area contributed by atoms with Crippen LogP contribution in [0.15, 0.2) is 18.3 Å². The molecule has 7 heteroatoms. The van der Waals surface area contributed by atoms with Crippen LogP contribution in [0.3, 0.4) is 0 Å². The molecule has 7 nitrogen and oxygen atoms in total. The van der Waals surface area contributed by atoms with E-state index >= 15 is 0 Å². The summed E-state index contributed by atoms with van der Waals surface area (Å²) < 4.78 is 5.68. The molecule has 0 spiro atoms. The Kier molecular flexibility index (Phi) is 4.22. The highest BCUT2D eigenvalue weighted by atomic mass is 16.5. The van der Waals surface area contributed by atoms with Crippen molar-refractivity contribution >= 4 is 11.6 Å². The number of nitrogen functional groups attached to an aromatic ring is 1. The van der Waals surface area contributed by atoms with E-state index in [2.05, 4.69) is 10.4 Å². The number of nitrogens with zero attached hydrogens (tertiary/aromatic N) is 2. The number of carbonyl (C=O) groups is 1. The molecule has 4 N–H and O–H groups in total. The van der Waals surface area contributed by atoms with Crippen LogP contribution in [0.4, 0.5) is 5.69 Å². The number of pyridine rings is 1. The molecule has 1 fully saturated rings. The molecule has 0 radical (unpaired) electrons. The lowest BCUT2D eigenvalue weighted by Crippen LogP contribution is -2.55. The number of hydrogen-bond acceptors (Lipinski definition) is 6. The third-order valence-electron chi connectivity index (χ3n) is 3.12. The lowest BCUT2D eigenvalue weighted by Gasteiger charge is -2.42. The second kappa shape index (κ2) is 5.74. The van der Waals surface area contributed by atoms with Crippen molar-refractivity contribution in [2.75, 3.05) is 25.1 Å². The summed E-state index contributed by atoms with van der Waals surface area (Å²) in [6.07, 6.45) is 1.13. The number of aliphatic hydroxyl groups excluding tert-OH is 1. The van der Waals surface area contributed by atoms with E-state index < -0.39 is 5.60 Å². The van der Waals surface area contributed by atoms with Gasteiger partial charge in [-0.3, -0.25) is 10.6 Å². The van der Waals surface area contributed by atoms with Gasteiger partial charge < -0.3 is 20.2 Å². The number of aromatic nitrogens is 1. The fourth-order valence-electron chi connectivity index (χ4n) is 2.31. The average molecular weight is 280 g/mol. The fraction of sp³-hybridized carbons (Fsp3) is 0.538. The Bertz CT molecular complexity index is 475. The molecule has 0 aromatic carbocycles. The van der Waals surface area contributed by atoms with Gasteiger partial charge in [0.05, 0.1) is 30.2 Å². The minimum absolute atomic E-state index is 0.114. The van der Waals surface area contributed by atoms with Crippen molar-refractivity contribution in [2.24, 2.45) is 5.84 Å². The summed E-state index contributed by atoms with van der Waals surface area (Å²) in [6.45, 7) is 4.49.